The van der Waals surface area contributed by atoms with E-state index in [1.807, 2.05) is 48.8 Å². The van der Waals surface area contributed by atoms with Crippen LogP contribution in [-0.4, -0.2) is 38.8 Å². The number of benzene rings is 16. The molecule has 2 atom stereocenters. The molecule has 0 amide bonds. The van der Waals surface area contributed by atoms with Crippen molar-refractivity contribution in [3.63, 3.8) is 0 Å². The second-order valence-electron chi connectivity index (χ2n) is 30.1. The van der Waals surface area contributed by atoms with E-state index in [-0.39, 0.29) is 21.6 Å². The van der Waals surface area contributed by atoms with Gasteiger partial charge in [0.1, 0.15) is 23.6 Å². The van der Waals surface area contributed by atoms with Crippen molar-refractivity contribution in [1.82, 2.24) is 0 Å². The number of hydrogen-bond acceptors (Lipinski definition) is 4. The highest BCUT2D eigenvalue weighted by Gasteiger charge is 2.50. The van der Waals surface area contributed by atoms with Crippen LogP contribution >= 0.6 is 0 Å². The Morgan fingerprint density at radius 2 is 0.519 bits per heavy atom. The first-order valence-electron chi connectivity index (χ1n) is 36.9. The molecule has 0 fully saturated rings. The summed E-state index contributed by atoms with van der Waals surface area (Å²) >= 11 is 0. The minimum Gasteiger partial charge on any atom is -0.507 e. The Morgan fingerprint density at radius 3 is 0.821 bits per heavy atom. The van der Waals surface area contributed by atoms with Gasteiger partial charge in [-0.05, 0) is 130 Å². The fraction of sp³-hybridized carbons (Fsp3) is 0.100. The van der Waals surface area contributed by atoms with E-state index in [1.54, 1.807) is 0 Å². The predicted molar refractivity (Wildman–Crippen MR) is 456 cm³/mol. The molecular weight excluding hydrogens is 1320 g/mol. The maximum atomic E-state index is 13.5. The minimum atomic E-state index is -2.67. The molecule has 0 spiro atoms. The highest BCUT2D eigenvalue weighted by molar-refractivity contribution is 7.14. The molecule has 106 heavy (non-hydrogen) atoms. The van der Waals surface area contributed by atoms with E-state index in [1.165, 1.54) is 31.1 Å². The second kappa shape index (κ2) is 28.5. The molecule has 0 heterocycles. The van der Waals surface area contributed by atoms with E-state index in [4.69, 9.17) is 9.98 Å². The van der Waals surface area contributed by atoms with Crippen LogP contribution in [0.2, 0.25) is 10.1 Å². The molecule has 0 aliphatic heterocycles. The zero-order chi connectivity index (χ0) is 72.6. The van der Waals surface area contributed by atoms with E-state index >= 15 is 0 Å². The molecule has 0 saturated carbocycles. The topological polar surface area (TPSA) is 65.2 Å². The molecule has 514 valence electrons. The first-order chi connectivity index (χ1) is 51.7. The van der Waals surface area contributed by atoms with Crippen molar-refractivity contribution in [2.45, 2.75) is 63.7 Å². The summed E-state index contributed by atoms with van der Waals surface area (Å²) in [6.45, 7) is 14.4. The van der Waals surface area contributed by atoms with Crippen LogP contribution < -0.4 is 31.1 Å². The van der Waals surface area contributed by atoms with Gasteiger partial charge in [-0.15, -0.1) is 0 Å². The van der Waals surface area contributed by atoms with Crippen LogP contribution in [0.15, 0.2) is 374 Å². The molecule has 16 aromatic rings. The largest absolute Gasteiger partial charge is 0.507 e. The van der Waals surface area contributed by atoms with Crippen LogP contribution in [0.25, 0.3) is 87.6 Å². The normalized spacial score (nSPS) is 12.9. The highest BCUT2D eigenvalue weighted by Crippen LogP contribution is 2.50. The van der Waals surface area contributed by atoms with Crippen LogP contribution in [-0.2, 0) is 0 Å². The molecule has 0 saturated heterocycles. The molecular formula is C100H84N2O2Si2. The summed E-state index contributed by atoms with van der Waals surface area (Å²) in [6, 6.07) is 129. The Bertz CT molecular complexity index is 5470. The summed E-state index contributed by atoms with van der Waals surface area (Å²) in [4.78, 5) is 11.3. The van der Waals surface area contributed by atoms with Crippen molar-refractivity contribution in [1.29, 1.82) is 0 Å². The number of rotatable bonds is 17. The van der Waals surface area contributed by atoms with Gasteiger partial charge in [0.05, 0.1) is 0 Å². The average Bonchev–Trinajstić information content (AvgIpc) is 0.735. The second-order valence-corrected chi connectivity index (χ2v) is 39.6. The maximum absolute atomic E-state index is 13.5. The van der Waals surface area contributed by atoms with Gasteiger partial charge in [0, 0.05) is 45.8 Å². The van der Waals surface area contributed by atoms with Crippen molar-refractivity contribution in [3.05, 3.63) is 386 Å². The first-order valence-corrected chi connectivity index (χ1v) is 40.9. The highest BCUT2D eigenvalue weighted by atomic mass is 28.3. The quantitative estimate of drug-likeness (QED) is 0.0542. The van der Waals surface area contributed by atoms with Gasteiger partial charge in [-0.3, -0.25) is 9.98 Å². The van der Waals surface area contributed by atoms with Crippen molar-refractivity contribution < 1.29 is 10.2 Å². The van der Waals surface area contributed by atoms with Crippen LogP contribution in [0.3, 0.4) is 0 Å². The number of hydrogen-bond donors (Lipinski definition) is 2. The Morgan fingerprint density at radius 1 is 0.264 bits per heavy atom. The van der Waals surface area contributed by atoms with Gasteiger partial charge >= 0.3 is 0 Å². The Kier molecular flexibility index (Phi) is 18.4. The summed E-state index contributed by atoms with van der Waals surface area (Å²) in [5.41, 5.74) is 10.5. The lowest BCUT2D eigenvalue weighted by Crippen LogP contribution is -2.72. The van der Waals surface area contributed by atoms with Gasteiger partial charge in [-0.25, -0.2) is 0 Å². The SMILES string of the molecule is CC(C)(C)[Si](c1ccccc1)(c1ccccc1)c1ccc(-c2ccc3ccccc3c2-c2c(O)c(C=N[C@H](c3ccccc3)[C@H](N=Cc3cc4ccccc4c(-c4c(-c5ccc([Si](c6ccccc6)(c6ccccc6)C(C)(C)C)cc5)ccc5ccccc45)c3O)c3ccccc3)cc3ccccc23)cc1. The van der Waals surface area contributed by atoms with Crippen LogP contribution in [0.4, 0.5) is 0 Å². The lowest BCUT2D eigenvalue weighted by molar-refractivity contribution is 0.476. The number of phenolic OH excluding ortho intramolecular Hbond substituents is 2. The molecule has 0 radical (unpaired) electrons. The van der Waals surface area contributed by atoms with Gasteiger partial charge in [-0.2, -0.15) is 0 Å². The average molecular weight is 1400 g/mol. The van der Waals surface area contributed by atoms with E-state index < -0.39 is 28.2 Å². The summed E-state index contributed by atoms with van der Waals surface area (Å²) in [6.07, 6.45) is 3.71. The third-order valence-corrected chi connectivity index (χ3v) is 33.8. The first kappa shape index (κ1) is 68.4. The molecule has 16 rings (SSSR count). The zero-order valence-corrected chi connectivity index (χ0v) is 62.7. The lowest BCUT2D eigenvalue weighted by atomic mass is 9.86. The zero-order valence-electron chi connectivity index (χ0n) is 60.7. The molecule has 2 N–H and O–H groups in total. The fourth-order valence-corrected chi connectivity index (χ4v) is 28.8. The minimum absolute atomic E-state index is 0.0927. The van der Waals surface area contributed by atoms with Crippen LogP contribution in [0.5, 0.6) is 11.5 Å². The van der Waals surface area contributed by atoms with Crippen molar-refractivity contribution in [3.8, 4) is 56.0 Å². The third kappa shape index (κ3) is 12.2. The summed E-state index contributed by atoms with van der Waals surface area (Å²) in [7, 11) is -5.33. The molecule has 0 aliphatic rings. The van der Waals surface area contributed by atoms with Crippen LogP contribution in [0.1, 0.15) is 75.9 Å². The lowest BCUT2D eigenvalue weighted by Gasteiger charge is -2.44. The maximum Gasteiger partial charge on any atom is 0.153 e. The van der Waals surface area contributed by atoms with Crippen molar-refractivity contribution >= 4 is 103 Å². The van der Waals surface area contributed by atoms with Crippen molar-refractivity contribution in [2.75, 3.05) is 0 Å². The number of phenols is 2. The van der Waals surface area contributed by atoms with Gasteiger partial charge in [-0.1, -0.05) is 393 Å². The summed E-state index contributed by atoms with van der Waals surface area (Å²) in [5.74, 6) is 0.263. The van der Waals surface area contributed by atoms with E-state index in [0.29, 0.717) is 11.1 Å². The number of nitrogens with zero attached hydrogens (tertiary/aromatic N) is 2. The molecule has 0 bridgehead atoms. The van der Waals surface area contributed by atoms with Gasteiger partial charge in [0.25, 0.3) is 0 Å². The van der Waals surface area contributed by atoms with Crippen molar-refractivity contribution in [2.24, 2.45) is 9.98 Å². The number of aromatic hydroxyl groups is 2. The third-order valence-electron chi connectivity index (χ3n) is 22.1. The summed E-state index contributed by atoms with van der Waals surface area (Å²) in [5, 5.41) is 42.9. The number of aliphatic imine (C=N–C) groups is 2. The standard InChI is InChI=1S/C100H84N2O2Si2/c1-99(2,3)105(79-41-17-9-18-42-79,80-43-19-10-20-44-80)83-59-53-71(54-60-83)89-63-57-69-33-25-29-49-85(69)91(89)93-87-51-31-27-39-75(87)65-77(97(93)103)67-101-95(73-35-13-7-14-36-73)96(74-37-15-8-16-38-74)102-68-78-66-76-40-28-32-52-88(76)94(98(78)104)92-86-50-30-26-34-70(86)58-64-90(92)72-55-61-84(62-56-72)106(100(4,5)6,81-45-21-11-22-46-81)82-47-23-12-24-48-82/h7-68,95-96,103-104H,1-6H3/t95-,96-/m1/s1. The Labute approximate surface area is 624 Å². The van der Waals surface area contributed by atoms with E-state index in [0.717, 1.165) is 98.7 Å². The van der Waals surface area contributed by atoms with Gasteiger partial charge in [0.2, 0.25) is 0 Å². The molecule has 4 nitrogen and oxygen atoms in total. The van der Waals surface area contributed by atoms with E-state index in [9.17, 15) is 10.2 Å². The predicted octanol–water partition coefficient (Wildman–Crippen LogP) is 21.9. The van der Waals surface area contributed by atoms with Gasteiger partial charge < -0.3 is 10.2 Å². The Balaban J connectivity index is 0.828. The van der Waals surface area contributed by atoms with E-state index in [2.05, 4.69) is 369 Å². The molecule has 16 aromatic carbocycles. The fourth-order valence-electron chi connectivity index (χ4n) is 17.5. The smallest absolute Gasteiger partial charge is 0.153 e. The molecule has 0 unspecified atom stereocenters. The summed E-state index contributed by atoms with van der Waals surface area (Å²) < 4.78 is 0. The molecule has 0 aliphatic carbocycles. The number of fused-ring (bicyclic) bond motifs is 4. The molecule has 0 aromatic heterocycles. The monoisotopic (exact) mass is 1400 g/mol. The Hall–Kier alpha value is -12.1. The molecule has 6 heteroatoms. The van der Waals surface area contributed by atoms with Crippen LogP contribution in [0, 0.1) is 0 Å². The van der Waals surface area contributed by atoms with Gasteiger partial charge in [0.15, 0.2) is 16.1 Å².